The molecule has 0 heterocycles. The fourth-order valence-electron chi connectivity index (χ4n) is 1.31. The molecule has 0 aromatic rings. The lowest BCUT2D eigenvalue weighted by molar-refractivity contribution is 0.931. The van der Waals surface area contributed by atoms with E-state index in [1.54, 1.807) is 6.20 Å². The van der Waals surface area contributed by atoms with Crippen LogP contribution in [0.4, 0.5) is 0 Å². The van der Waals surface area contributed by atoms with Crippen molar-refractivity contribution in [3.63, 3.8) is 0 Å². The standard InChI is InChI=1S/C8H13N/c1-2-7-4-3-5-8(7)6-9/h2,6H,3-5,9H2,1H3/b7-2-,8-6-. The van der Waals surface area contributed by atoms with Crippen LogP contribution in [-0.2, 0) is 0 Å². The minimum atomic E-state index is 1.18. The van der Waals surface area contributed by atoms with Crippen LogP contribution in [0.1, 0.15) is 26.2 Å². The Morgan fingerprint density at radius 2 is 2.00 bits per heavy atom. The highest BCUT2D eigenvalue weighted by atomic mass is 14.5. The molecule has 0 radical (unpaired) electrons. The SMILES string of the molecule is C/C=C1/CCC/C1=C/N. The molecule has 1 saturated carbocycles. The van der Waals surface area contributed by atoms with Gasteiger partial charge in [0.1, 0.15) is 0 Å². The largest absolute Gasteiger partial charge is 0.404 e. The maximum Gasteiger partial charge on any atom is -0.00270 e. The number of hydrogen-bond donors (Lipinski definition) is 1. The van der Waals surface area contributed by atoms with Crippen LogP contribution in [0, 0.1) is 0 Å². The van der Waals surface area contributed by atoms with E-state index < -0.39 is 0 Å². The monoisotopic (exact) mass is 123 g/mol. The molecular formula is C8H13N. The second-order valence-corrected chi connectivity index (χ2v) is 2.36. The lowest BCUT2D eigenvalue weighted by atomic mass is 10.1. The second-order valence-electron chi connectivity index (χ2n) is 2.36. The van der Waals surface area contributed by atoms with Gasteiger partial charge in [0.15, 0.2) is 0 Å². The van der Waals surface area contributed by atoms with Crippen LogP contribution in [0.3, 0.4) is 0 Å². The van der Waals surface area contributed by atoms with Crippen LogP contribution >= 0.6 is 0 Å². The molecule has 0 saturated heterocycles. The molecule has 9 heavy (non-hydrogen) atoms. The van der Waals surface area contributed by atoms with Gasteiger partial charge >= 0.3 is 0 Å². The third-order valence-corrected chi connectivity index (χ3v) is 1.85. The fourth-order valence-corrected chi connectivity index (χ4v) is 1.31. The number of allylic oxidation sites excluding steroid dienone is 3. The second kappa shape index (κ2) is 2.72. The van der Waals surface area contributed by atoms with Crippen LogP contribution < -0.4 is 5.73 Å². The molecule has 0 aliphatic heterocycles. The molecule has 0 aromatic heterocycles. The molecule has 1 aliphatic carbocycles. The molecule has 1 rings (SSSR count). The summed E-state index contributed by atoms with van der Waals surface area (Å²) < 4.78 is 0. The van der Waals surface area contributed by atoms with Gasteiger partial charge in [-0.05, 0) is 43.5 Å². The summed E-state index contributed by atoms with van der Waals surface area (Å²) >= 11 is 0. The molecule has 0 amide bonds. The van der Waals surface area contributed by atoms with Gasteiger partial charge in [-0.3, -0.25) is 0 Å². The molecule has 1 fully saturated rings. The topological polar surface area (TPSA) is 26.0 Å². The number of rotatable bonds is 0. The summed E-state index contributed by atoms with van der Waals surface area (Å²) in [5.74, 6) is 0. The van der Waals surface area contributed by atoms with Gasteiger partial charge in [0.2, 0.25) is 0 Å². The van der Waals surface area contributed by atoms with E-state index in [1.807, 2.05) is 0 Å². The maximum absolute atomic E-state index is 5.40. The van der Waals surface area contributed by atoms with Gasteiger partial charge in [-0.2, -0.15) is 0 Å². The average Bonchev–Trinajstić information content (AvgIpc) is 2.33. The van der Waals surface area contributed by atoms with Crippen molar-refractivity contribution in [1.29, 1.82) is 0 Å². The van der Waals surface area contributed by atoms with E-state index in [0.29, 0.717) is 0 Å². The molecule has 0 atom stereocenters. The maximum atomic E-state index is 5.40. The van der Waals surface area contributed by atoms with Crippen LogP contribution in [-0.4, -0.2) is 0 Å². The van der Waals surface area contributed by atoms with E-state index in [1.165, 1.54) is 30.4 Å². The van der Waals surface area contributed by atoms with Gasteiger partial charge in [0.25, 0.3) is 0 Å². The summed E-state index contributed by atoms with van der Waals surface area (Å²) in [5, 5.41) is 0. The van der Waals surface area contributed by atoms with E-state index in [9.17, 15) is 0 Å². The molecule has 0 spiro atoms. The van der Waals surface area contributed by atoms with E-state index in [0.717, 1.165) is 0 Å². The van der Waals surface area contributed by atoms with Crippen molar-refractivity contribution in [1.82, 2.24) is 0 Å². The van der Waals surface area contributed by atoms with Crippen molar-refractivity contribution in [2.24, 2.45) is 5.73 Å². The summed E-state index contributed by atoms with van der Waals surface area (Å²) in [6.45, 7) is 2.07. The first kappa shape index (κ1) is 6.40. The summed E-state index contributed by atoms with van der Waals surface area (Å²) in [6.07, 6.45) is 7.58. The van der Waals surface area contributed by atoms with Crippen molar-refractivity contribution >= 4 is 0 Å². The first-order valence-corrected chi connectivity index (χ1v) is 3.45. The Balaban J connectivity index is 2.75. The molecule has 50 valence electrons. The Morgan fingerprint density at radius 3 is 2.44 bits per heavy atom. The highest BCUT2D eigenvalue weighted by Gasteiger charge is 2.10. The predicted octanol–water partition coefficient (Wildman–Crippen LogP) is 1.96. The average molecular weight is 123 g/mol. The zero-order chi connectivity index (χ0) is 6.69. The van der Waals surface area contributed by atoms with Crippen LogP contribution in [0.5, 0.6) is 0 Å². The smallest absolute Gasteiger partial charge is 0.00270 e. The van der Waals surface area contributed by atoms with Crippen molar-refractivity contribution in [3.8, 4) is 0 Å². The Bertz CT molecular complexity index is 136. The Morgan fingerprint density at radius 1 is 1.33 bits per heavy atom. The molecule has 0 bridgehead atoms. The summed E-state index contributed by atoms with van der Waals surface area (Å²) in [4.78, 5) is 0. The number of hydrogen-bond acceptors (Lipinski definition) is 1. The van der Waals surface area contributed by atoms with Gasteiger partial charge in [0, 0.05) is 0 Å². The quantitative estimate of drug-likeness (QED) is 0.523. The lowest BCUT2D eigenvalue weighted by Crippen LogP contribution is -1.84. The third-order valence-electron chi connectivity index (χ3n) is 1.85. The molecule has 1 aliphatic rings. The normalized spacial score (nSPS) is 28.1. The van der Waals surface area contributed by atoms with Gasteiger partial charge in [-0.15, -0.1) is 0 Å². The highest BCUT2D eigenvalue weighted by molar-refractivity contribution is 5.33. The van der Waals surface area contributed by atoms with Crippen LogP contribution in [0.2, 0.25) is 0 Å². The first-order valence-electron chi connectivity index (χ1n) is 3.45. The fraction of sp³-hybridized carbons (Fsp3) is 0.500. The van der Waals surface area contributed by atoms with E-state index in [4.69, 9.17) is 5.73 Å². The molecule has 1 nitrogen and oxygen atoms in total. The van der Waals surface area contributed by atoms with Gasteiger partial charge < -0.3 is 5.73 Å². The first-order chi connectivity index (χ1) is 4.38. The van der Waals surface area contributed by atoms with E-state index >= 15 is 0 Å². The molecular weight excluding hydrogens is 110 g/mol. The van der Waals surface area contributed by atoms with Crippen molar-refractivity contribution in [3.05, 3.63) is 23.4 Å². The van der Waals surface area contributed by atoms with Gasteiger partial charge in [-0.1, -0.05) is 6.08 Å². The third kappa shape index (κ3) is 1.15. The van der Waals surface area contributed by atoms with Gasteiger partial charge in [-0.25, -0.2) is 0 Å². The Kier molecular flexibility index (Phi) is 1.93. The Labute approximate surface area is 56.2 Å². The minimum Gasteiger partial charge on any atom is -0.404 e. The summed E-state index contributed by atoms with van der Waals surface area (Å²) in [7, 11) is 0. The Hall–Kier alpha value is -0.720. The molecule has 2 N–H and O–H groups in total. The molecule has 0 unspecified atom stereocenters. The zero-order valence-corrected chi connectivity index (χ0v) is 5.85. The number of nitrogens with two attached hydrogens (primary N) is 1. The van der Waals surface area contributed by atoms with Crippen LogP contribution in [0.25, 0.3) is 0 Å². The highest BCUT2D eigenvalue weighted by Crippen LogP contribution is 2.28. The van der Waals surface area contributed by atoms with Crippen LogP contribution in [0.15, 0.2) is 23.4 Å². The predicted molar refractivity (Wildman–Crippen MR) is 39.9 cm³/mol. The lowest BCUT2D eigenvalue weighted by Gasteiger charge is -1.94. The van der Waals surface area contributed by atoms with Crippen molar-refractivity contribution in [2.45, 2.75) is 26.2 Å². The van der Waals surface area contributed by atoms with Gasteiger partial charge in [0.05, 0.1) is 0 Å². The molecule has 1 heteroatoms. The zero-order valence-electron chi connectivity index (χ0n) is 5.85. The summed E-state index contributed by atoms with van der Waals surface area (Å²) in [6, 6.07) is 0. The van der Waals surface area contributed by atoms with E-state index in [-0.39, 0.29) is 0 Å². The van der Waals surface area contributed by atoms with Crippen molar-refractivity contribution < 1.29 is 0 Å². The van der Waals surface area contributed by atoms with Crippen molar-refractivity contribution in [2.75, 3.05) is 0 Å². The molecule has 0 aromatic carbocycles. The van der Waals surface area contributed by atoms with E-state index in [2.05, 4.69) is 13.0 Å². The minimum absolute atomic E-state index is 1.18. The summed E-state index contributed by atoms with van der Waals surface area (Å²) in [5.41, 5.74) is 8.18.